The van der Waals surface area contributed by atoms with Crippen LogP contribution >= 0.6 is 0 Å². The molecule has 3 N–H and O–H groups in total. The van der Waals surface area contributed by atoms with Gasteiger partial charge in [0.25, 0.3) is 5.91 Å². The van der Waals surface area contributed by atoms with Crippen molar-refractivity contribution in [2.45, 2.75) is 38.5 Å². The first-order valence-electron chi connectivity index (χ1n) is 6.73. The Balaban J connectivity index is 2.00. The maximum atomic E-state index is 11.7. The number of amides is 1. The summed E-state index contributed by atoms with van der Waals surface area (Å²) in [6.45, 7) is 1.53. The maximum absolute atomic E-state index is 11.7. The minimum atomic E-state index is -0.0359. The Morgan fingerprint density at radius 2 is 1.89 bits per heavy atom. The lowest BCUT2D eigenvalue weighted by Gasteiger charge is -2.04. The van der Waals surface area contributed by atoms with Crippen LogP contribution in [0.4, 0.5) is 0 Å². The van der Waals surface area contributed by atoms with Crippen molar-refractivity contribution < 1.29 is 4.79 Å². The van der Waals surface area contributed by atoms with Crippen LogP contribution in [0.15, 0.2) is 24.5 Å². The van der Waals surface area contributed by atoms with E-state index in [4.69, 9.17) is 5.73 Å². The minimum absolute atomic E-state index is 0.0359. The molecule has 1 heterocycles. The van der Waals surface area contributed by atoms with Gasteiger partial charge in [0.05, 0.1) is 5.56 Å². The second-order valence-electron chi connectivity index (χ2n) is 4.41. The van der Waals surface area contributed by atoms with Gasteiger partial charge >= 0.3 is 0 Å². The van der Waals surface area contributed by atoms with E-state index in [9.17, 15) is 4.79 Å². The molecule has 100 valence electrons. The molecule has 0 atom stereocenters. The van der Waals surface area contributed by atoms with Crippen LogP contribution in [-0.2, 0) is 0 Å². The lowest BCUT2D eigenvalue weighted by molar-refractivity contribution is 0.0952. The quantitative estimate of drug-likeness (QED) is 0.659. The van der Waals surface area contributed by atoms with E-state index < -0.39 is 0 Å². The predicted octanol–water partition coefficient (Wildman–Crippen LogP) is 2.11. The van der Waals surface area contributed by atoms with Gasteiger partial charge in [0.1, 0.15) is 0 Å². The van der Waals surface area contributed by atoms with E-state index in [1.165, 1.54) is 19.3 Å². The molecule has 0 aliphatic carbocycles. The summed E-state index contributed by atoms with van der Waals surface area (Å²) in [6, 6.07) is 3.54. The molecule has 4 heteroatoms. The molecule has 0 radical (unpaired) electrons. The van der Waals surface area contributed by atoms with E-state index in [-0.39, 0.29) is 5.91 Å². The number of pyridine rings is 1. The zero-order chi connectivity index (χ0) is 13.1. The van der Waals surface area contributed by atoms with E-state index in [1.54, 1.807) is 24.5 Å². The van der Waals surface area contributed by atoms with Gasteiger partial charge in [-0.05, 0) is 31.5 Å². The molecule has 0 bridgehead atoms. The summed E-state index contributed by atoms with van der Waals surface area (Å²) >= 11 is 0. The zero-order valence-electron chi connectivity index (χ0n) is 10.9. The molecule has 1 aromatic heterocycles. The SMILES string of the molecule is NCCCCCCCCNC(=O)c1cccnc1. The van der Waals surface area contributed by atoms with E-state index >= 15 is 0 Å². The van der Waals surface area contributed by atoms with Gasteiger partial charge in [-0.2, -0.15) is 0 Å². The van der Waals surface area contributed by atoms with Crippen LogP contribution in [-0.4, -0.2) is 24.0 Å². The first kappa shape index (κ1) is 14.6. The van der Waals surface area contributed by atoms with E-state index in [0.717, 1.165) is 32.4 Å². The van der Waals surface area contributed by atoms with Crippen LogP contribution in [0, 0.1) is 0 Å². The third-order valence-corrected chi connectivity index (χ3v) is 2.84. The molecule has 0 unspecified atom stereocenters. The number of hydrogen-bond acceptors (Lipinski definition) is 3. The van der Waals surface area contributed by atoms with Crippen molar-refractivity contribution in [1.82, 2.24) is 10.3 Å². The third-order valence-electron chi connectivity index (χ3n) is 2.84. The highest BCUT2D eigenvalue weighted by Crippen LogP contribution is 2.04. The molecule has 0 fully saturated rings. The molecular weight excluding hydrogens is 226 g/mol. The number of carbonyl (C=O) groups excluding carboxylic acids is 1. The van der Waals surface area contributed by atoms with Gasteiger partial charge in [0, 0.05) is 18.9 Å². The number of nitrogens with two attached hydrogens (primary N) is 1. The van der Waals surface area contributed by atoms with Crippen molar-refractivity contribution >= 4 is 5.91 Å². The Morgan fingerprint density at radius 1 is 1.17 bits per heavy atom. The molecule has 0 aromatic carbocycles. The number of carbonyl (C=O) groups is 1. The average Bonchev–Trinajstić information content (AvgIpc) is 2.42. The predicted molar refractivity (Wildman–Crippen MR) is 73.3 cm³/mol. The molecule has 0 saturated heterocycles. The molecule has 0 aliphatic heterocycles. The van der Waals surface area contributed by atoms with E-state index in [2.05, 4.69) is 10.3 Å². The van der Waals surface area contributed by atoms with Crippen molar-refractivity contribution in [3.05, 3.63) is 30.1 Å². The van der Waals surface area contributed by atoms with Gasteiger partial charge in [-0.15, -0.1) is 0 Å². The summed E-state index contributed by atoms with van der Waals surface area (Å²) in [7, 11) is 0. The van der Waals surface area contributed by atoms with Crippen LogP contribution in [0.2, 0.25) is 0 Å². The Morgan fingerprint density at radius 3 is 2.56 bits per heavy atom. The Bertz CT molecular complexity index is 327. The van der Waals surface area contributed by atoms with Crippen LogP contribution < -0.4 is 11.1 Å². The fraction of sp³-hybridized carbons (Fsp3) is 0.571. The topological polar surface area (TPSA) is 68.0 Å². The highest BCUT2D eigenvalue weighted by atomic mass is 16.1. The van der Waals surface area contributed by atoms with Gasteiger partial charge in [0.15, 0.2) is 0 Å². The van der Waals surface area contributed by atoms with Gasteiger partial charge in [-0.1, -0.05) is 25.7 Å². The second kappa shape index (κ2) is 9.59. The molecule has 18 heavy (non-hydrogen) atoms. The van der Waals surface area contributed by atoms with Gasteiger partial charge in [-0.25, -0.2) is 0 Å². The van der Waals surface area contributed by atoms with Crippen LogP contribution in [0.3, 0.4) is 0 Å². The molecule has 1 amide bonds. The van der Waals surface area contributed by atoms with Gasteiger partial charge in [-0.3, -0.25) is 9.78 Å². The van der Waals surface area contributed by atoms with Crippen molar-refractivity contribution in [2.24, 2.45) is 5.73 Å². The third kappa shape index (κ3) is 6.35. The molecule has 0 aliphatic rings. The Hall–Kier alpha value is -1.42. The number of nitrogens with zero attached hydrogens (tertiary/aromatic N) is 1. The van der Waals surface area contributed by atoms with E-state index in [0.29, 0.717) is 5.56 Å². The average molecular weight is 249 g/mol. The Kier molecular flexibility index (Phi) is 7.80. The summed E-state index contributed by atoms with van der Waals surface area (Å²) in [5.74, 6) is -0.0359. The van der Waals surface area contributed by atoms with Gasteiger partial charge in [0.2, 0.25) is 0 Å². The van der Waals surface area contributed by atoms with Crippen LogP contribution in [0.25, 0.3) is 0 Å². The zero-order valence-corrected chi connectivity index (χ0v) is 10.9. The number of aromatic nitrogens is 1. The summed E-state index contributed by atoms with van der Waals surface area (Å²) in [6.07, 6.45) is 10.3. The lowest BCUT2D eigenvalue weighted by atomic mass is 10.1. The molecule has 0 saturated carbocycles. The monoisotopic (exact) mass is 249 g/mol. The number of unbranched alkanes of at least 4 members (excludes halogenated alkanes) is 5. The largest absolute Gasteiger partial charge is 0.352 e. The Labute approximate surface area is 109 Å². The summed E-state index contributed by atoms with van der Waals surface area (Å²) in [5.41, 5.74) is 6.05. The lowest BCUT2D eigenvalue weighted by Crippen LogP contribution is -2.24. The van der Waals surface area contributed by atoms with Crippen molar-refractivity contribution in [1.29, 1.82) is 0 Å². The first-order valence-corrected chi connectivity index (χ1v) is 6.73. The maximum Gasteiger partial charge on any atom is 0.252 e. The van der Waals surface area contributed by atoms with Crippen molar-refractivity contribution in [2.75, 3.05) is 13.1 Å². The van der Waals surface area contributed by atoms with Crippen molar-refractivity contribution in [3.8, 4) is 0 Å². The smallest absolute Gasteiger partial charge is 0.252 e. The number of hydrogen-bond donors (Lipinski definition) is 2. The second-order valence-corrected chi connectivity index (χ2v) is 4.41. The normalized spacial score (nSPS) is 10.3. The molecule has 1 rings (SSSR count). The van der Waals surface area contributed by atoms with Crippen LogP contribution in [0.5, 0.6) is 0 Å². The fourth-order valence-corrected chi connectivity index (χ4v) is 1.78. The molecular formula is C14H23N3O. The molecule has 4 nitrogen and oxygen atoms in total. The van der Waals surface area contributed by atoms with E-state index in [1.807, 2.05) is 0 Å². The summed E-state index contributed by atoms with van der Waals surface area (Å²) in [4.78, 5) is 15.6. The minimum Gasteiger partial charge on any atom is -0.352 e. The highest BCUT2D eigenvalue weighted by molar-refractivity contribution is 5.93. The van der Waals surface area contributed by atoms with Gasteiger partial charge < -0.3 is 11.1 Å². The number of nitrogens with one attached hydrogen (secondary N) is 1. The summed E-state index contributed by atoms with van der Waals surface area (Å²) < 4.78 is 0. The number of rotatable bonds is 9. The fourth-order valence-electron chi connectivity index (χ4n) is 1.78. The van der Waals surface area contributed by atoms with Crippen molar-refractivity contribution in [3.63, 3.8) is 0 Å². The highest BCUT2D eigenvalue weighted by Gasteiger charge is 2.02. The summed E-state index contributed by atoms with van der Waals surface area (Å²) in [5, 5.41) is 2.90. The molecule has 0 spiro atoms. The first-order chi connectivity index (χ1) is 8.84. The standard InChI is InChI=1S/C14H23N3O/c15-9-5-3-1-2-4-6-11-17-14(18)13-8-7-10-16-12-13/h7-8,10,12H,1-6,9,11,15H2,(H,17,18). The molecule has 1 aromatic rings. The van der Waals surface area contributed by atoms with Crippen LogP contribution in [0.1, 0.15) is 48.9 Å².